The summed E-state index contributed by atoms with van der Waals surface area (Å²) in [4.78, 5) is 0. The van der Waals surface area contributed by atoms with Crippen LogP contribution in [0.2, 0.25) is 0 Å². The highest BCUT2D eigenvalue weighted by Crippen LogP contribution is 2.28. The molecular formula is C14H26F3N. The van der Waals surface area contributed by atoms with Crippen LogP contribution in [0.3, 0.4) is 0 Å². The fourth-order valence-corrected chi connectivity index (χ4v) is 2.82. The van der Waals surface area contributed by atoms with Gasteiger partial charge in [0.05, 0.1) is 0 Å². The summed E-state index contributed by atoms with van der Waals surface area (Å²) in [5.41, 5.74) is 0. The van der Waals surface area contributed by atoms with Crippen molar-refractivity contribution in [3.63, 3.8) is 0 Å². The summed E-state index contributed by atoms with van der Waals surface area (Å²) in [7, 11) is 0. The maximum atomic E-state index is 12.0. The minimum atomic E-state index is -4.00. The van der Waals surface area contributed by atoms with Crippen LogP contribution in [0, 0.1) is 11.8 Å². The van der Waals surface area contributed by atoms with E-state index in [9.17, 15) is 13.2 Å². The molecule has 108 valence electrons. The predicted molar refractivity (Wildman–Crippen MR) is 68.5 cm³/mol. The van der Waals surface area contributed by atoms with Crippen molar-refractivity contribution in [1.82, 2.24) is 5.32 Å². The minimum absolute atomic E-state index is 0.199. The standard InChI is InChI=1S/C14H26F3N/c1-11-5-3-7-13(9-11)10-18-12(2)6-4-8-14(15,16)17/h11-13,18H,3-10H2,1-2H3. The molecule has 0 heterocycles. The second kappa shape index (κ2) is 7.37. The Bertz CT molecular complexity index is 228. The largest absolute Gasteiger partial charge is 0.389 e. The van der Waals surface area contributed by atoms with Crippen molar-refractivity contribution in [3.05, 3.63) is 0 Å². The minimum Gasteiger partial charge on any atom is -0.314 e. The van der Waals surface area contributed by atoms with E-state index in [0.717, 1.165) is 18.4 Å². The quantitative estimate of drug-likeness (QED) is 0.744. The van der Waals surface area contributed by atoms with Crippen molar-refractivity contribution in [2.24, 2.45) is 11.8 Å². The van der Waals surface area contributed by atoms with Crippen molar-refractivity contribution in [2.45, 2.75) is 71.0 Å². The Morgan fingerprint density at radius 2 is 2.00 bits per heavy atom. The second-order valence-corrected chi connectivity index (χ2v) is 5.95. The molecule has 1 nitrogen and oxygen atoms in total. The molecule has 0 bridgehead atoms. The Kier molecular flexibility index (Phi) is 6.47. The maximum Gasteiger partial charge on any atom is 0.389 e. The van der Waals surface area contributed by atoms with E-state index in [2.05, 4.69) is 12.2 Å². The lowest BCUT2D eigenvalue weighted by Gasteiger charge is -2.28. The molecule has 1 fully saturated rings. The molecule has 0 amide bonds. The summed E-state index contributed by atoms with van der Waals surface area (Å²) < 4.78 is 36.0. The van der Waals surface area contributed by atoms with E-state index in [-0.39, 0.29) is 12.5 Å². The first-order valence-corrected chi connectivity index (χ1v) is 7.17. The highest BCUT2D eigenvalue weighted by Gasteiger charge is 2.26. The highest BCUT2D eigenvalue weighted by molar-refractivity contribution is 4.74. The lowest BCUT2D eigenvalue weighted by Crippen LogP contribution is -2.33. The van der Waals surface area contributed by atoms with Gasteiger partial charge in [-0.25, -0.2) is 0 Å². The summed E-state index contributed by atoms with van der Waals surface area (Å²) in [6.07, 6.45) is 1.36. The number of rotatable bonds is 6. The molecule has 1 rings (SSSR count). The molecule has 1 aliphatic rings. The van der Waals surface area contributed by atoms with Gasteiger partial charge in [0.15, 0.2) is 0 Å². The van der Waals surface area contributed by atoms with Crippen molar-refractivity contribution in [3.8, 4) is 0 Å². The van der Waals surface area contributed by atoms with Crippen LogP contribution in [0.5, 0.6) is 0 Å². The molecule has 1 saturated carbocycles. The van der Waals surface area contributed by atoms with Crippen LogP contribution in [0.4, 0.5) is 13.2 Å². The number of halogens is 3. The monoisotopic (exact) mass is 265 g/mol. The zero-order valence-electron chi connectivity index (χ0n) is 11.5. The topological polar surface area (TPSA) is 12.0 Å². The van der Waals surface area contributed by atoms with Gasteiger partial charge >= 0.3 is 6.18 Å². The molecule has 18 heavy (non-hydrogen) atoms. The molecule has 0 aromatic rings. The van der Waals surface area contributed by atoms with Gasteiger partial charge in [-0.15, -0.1) is 0 Å². The average Bonchev–Trinajstić information content (AvgIpc) is 2.25. The Hall–Kier alpha value is -0.250. The van der Waals surface area contributed by atoms with E-state index in [1.165, 1.54) is 25.7 Å². The lowest BCUT2D eigenvalue weighted by atomic mass is 9.82. The van der Waals surface area contributed by atoms with Crippen molar-refractivity contribution >= 4 is 0 Å². The Balaban J connectivity index is 2.07. The molecule has 0 spiro atoms. The smallest absolute Gasteiger partial charge is 0.314 e. The third-order valence-corrected chi connectivity index (χ3v) is 3.90. The molecule has 1 aliphatic carbocycles. The van der Waals surface area contributed by atoms with E-state index in [1.807, 2.05) is 6.92 Å². The van der Waals surface area contributed by atoms with Gasteiger partial charge in [0.1, 0.15) is 0 Å². The molecule has 0 aromatic carbocycles. The molecule has 0 radical (unpaired) electrons. The number of hydrogen-bond acceptors (Lipinski definition) is 1. The summed E-state index contributed by atoms with van der Waals surface area (Å²) >= 11 is 0. The molecule has 3 unspecified atom stereocenters. The van der Waals surface area contributed by atoms with E-state index in [1.54, 1.807) is 0 Å². The molecule has 0 saturated heterocycles. The molecule has 4 heteroatoms. The number of alkyl halides is 3. The van der Waals surface area contributed by atoms with Crippen LogP contribution in [0.15, 0.2) is 0 Å². The van der Waals surface area contributed by atoms with E-state index in [0.29, 0.717) is 6.42 Å². The fourth-order valence-electron chi connectivity index (χ4n) is 2.82. The zero-order chi connectivity index (χ0) is 13.6. The van der Waals surface area contributed by atoms with Gasteiger partial charge in [-0.2, -0.15) is 13.2 Å². The predicted octanol–water partition coefficient (Wildman–Crippen LogP) is 4.52. The van der Waals surface area contributed by atoms with Crippen LogP contribution in [0.1, 0.15) is 58.8 Å². The Morgan fingerprint density at radius 3 is 2.61 bits per heavy atom. The Labute approximate surface area is 109 Å². The first-order valence-electron chi connectivity index (χ1n) is 7.17. The van der Waals surface area contributed by atoms with Crippen LogP contribution >= 0.6 is 0 Å². The van der Waals surface area contributed by atoms with Crippen LogP contribution in [0.25, 0.3) is 0 Å². The van der Waals surface area contributed by atoms with Crippen molar-refractivity contribution in [2.75, 3.05) is 6.54 Å². The van der Waals surface area contributed by atoms with Gasteiger partial charge in [0.25, 0.3) is 0 Å². The first-order chi connectivity index (χ1) is 8.37. The summed E-state index contributed by atoms with van der Waals surface area (Å²) in [5.74, 6) is 1.53. The second-order valence-electron chi connectivity index (χ2n) is 5.95. The molecule has 3 atom stereocenters. The van der Waals surface area contributed by atoms with Crippen molar-refractivity contribution < 1.29 is 13.2 Å². The summed E-state index contributed by atoms with van der Waals surface area (Å²) in [5, 5.41) is 3.39. The first kappa shape index (κ1) is 15.8. The molecular weight excluding hydrogens is 239 g/mol. The van der Waals surface area contributed by atoms with Crippen LogP contribution in [-0.4, -0.2) is 18.8 Å². The van der Waals surface area contributed by atoms with Gasteiger partial charge < -0.3 is 5.32 Å². The summed E-state index contributed by atoms with van der Waals surface area (Å²) in [6.45, 7) is 5.25. The summed E-state index contributed by atoms with van der Waals surface area (Å²) in [6, 6.07) is 0.199. The van der Waals surface area contributed by atoms with Crippen LogP contribution < -0.4 is 5.32 Å². The number of hydrogen-bond donors (Lipinski definition) is 1. The molecule has 0 aromatic heterocycles. The SMILES string of the molecule is CC1CCCC(CNC(C)CCCC(F)(F)F)C1. The van der Waals surface area contributed by atoms with Gasteiger partial charge in [0, 0.05) is 12.5 Å². The van der Waals surface area contributed by atoms with E-state index >= 15 is 0 Å². The van der Waals surface area contributed by atoms with Gasteiger partial charge in [-0.3, -0.25) is 0 Å². The molecule has 1 N–H and O–H groups in total. The zero-order valence-corrected chi connectivity index (χ0v) is 11.5. The van der Waals surface area contributed by atoms with Crippen molar-refractivity contribution in [1.29, 1.82) is 0 Å². The van der Waals surface area contributed by atoms with Crippen LogP contribution in [-0.2, 0) is 0 Å². The van der Waals surface area contributed by atoms with Gasteiger partial charge in [-0.1, -0.05) is 19.8 Å². The average molecular weight is 265 g/mol. The third kappa shape index (κ3) is 7.24. The fraction of sp³-hybridized carbons (Fsp3) is 1.00. The number of nitrogens with one attached hydrogen (secondary N) is 1. The van der Waals surface area contributed by atoms with Gasteiger partial charge in [-0.05, 0) is 51.0 Å². The highest BCUT2D eigenvalue weighted by atomic mass is 19.4. The third-order valence-electron chi connectivity index (χ3n) is 3.90. The molecule has 0 aliphatic heterocycles. The lowest BCUT2D eigenvalue weighted by molar-refractivity contribution is -0.135. The van der Waals surface area contributed by atoms with E-state index in [4.69, 9.17) is 0 Å². The van der Waals surface area contributed by atoms with E-state index < -0.39 is 12.6 Å². The normalized spacial score (nSPS) is 27.2. The maximum absolute atomic E-state index is 12.0. The van der Waals surface area contributed by atoms with Gasteiger partial charge in [0.2, 0.25) is 0 Å². The Morgan fingerprint density at radius 1 is 1.28 bits per heavy atom.